The van der Waals surface area contributed by atoms with Crippen LogP contribution < -0.4 is 0 Å². The smallest absolute Gasteiger partial charge is 0.331 e. The number of ether oxygens (including phenoxy) is 1. The Labute approximate surface area is 126 Å². The van der Waals surface area contributed by atoms with E-state index >= 15 is 0 Å². The van der Waals surface area contributed by atoms with Crippen LogP contribution in [-0.2, 0) is 9.53 Å². The van der Waals surface area contributed by atoms with Crippen LogP contribution in [0, 0.1) is 0 Å². The summed E-state index contributed by atoms with van der Waals surface area (Å²) in [6.07, 6.45) is 4.21. The number of hydrogen-bond acceptors (Lipinski definition) is 6. The number of esters is 1. The molecule has 0 radical (unpaired) electrons. The summed E-state index contributed by atoms with van der Waals surface area (Å²) in [5.74, 6) is -1.80. The number of aromatic nitrogens is 1. The largest absolute Gasteiger partial charge is 0.508 e. The highest BCUT2D eigenvalue weighted by Gasteiger charge is 2.13. The van der Waals surface area contributed by atoms with Gasteiger partial charge in [0.1, 0.15) is 11.5 Å². The van der Waals surface area contributed by atoms with Gasteiger partial charge in [-0.25, -0.2) is 4.79 Å². The number of ketones is 1. The standard InChI is InChI=1S/C16H13NO5/c18-12-5-6-13(14(19)9-12)15(20)10-22-16(21)7-4-11-3-1-2-8-17-11/h1-9,18-19H,10H2/b7-4+. The Morgan fingerprint density at radius 2 is 2.00 bits per heavy atom. The molecule has 0 spiro atoms. The quantitative estimate of drug-likeness (QED) is 0.497. The molecule has 1 aromatic heterocycles. The summed E-state index contributed by atoms with van der Waals surface area (Å²) in [6.45, 7) is -0.510. The van der Waals surface area contributed by atoms with E-state index in [1.807, 2.05) is 0 Å². The molecule has 6 nitrogen and oxygen atoms in total. The van der Waals surface area contributed by atoms with Crippen molar-refractivity contribution in [2.45, 2.75) is 0 Å². The molecule has 0 fully saturated rings. The summed E-state index contributed by atoms with van der Waals surface area (Å²) in [5.41, 5.74) is 0.557. The van der Waals surface area contributed by atoms with E-state index in [0.29, 0.717) is 5.69 Å². The second kappa shape index (κ2) is 7.03. The number of carbonyl (C=O) groups excluding carboxylic acids is 2. The van der Waals surface area contributed by atoms with Crippen LogP contribution in [0.3, 0.4) is 0 Å². The molecule has 2 N–H and O–H groups in total. The van der Waals surface area contributed by atoms with Gasteiger partial charge in [-0.15, -0.1) is 0 Å². The lowest BCUT2D eigenvalue weighted by Crippen LogP contribution is -2.12. The molecule has 0 unspecified atom stereocenters. The summed E-state index contributed by atoms with van der Waals surface area (Å²) in [4.78, 5) is 27.3. The minimum Gasteiger partial charge on any atom is -0.508 e. The lowest BCUT2D eigenvalue weighted by molar-refractivity contribution is -0.136. The van der Waals surface area contributed by atoms with Gasteiger partial charge in [-0.3, -0.25) is 9.78 Å². The lowest BCUT2D eigenvalue weighted by atomic mass is 10.1. The van der Waals surface area contributed by atoms with Crippen LogP contribution in [0.5, 0.6) is 11.5 Å². The van der Waals surface area contributed by atoms with Gasteiger partial charge in [-0.05, 0) is 30.3 Å². The fraction of sp³-hybridized carbons (Fsp3) is 0.0625. The van der Waals surface area contributed by atoms with Gasteiger partial charge in [0.15, 0.2) is 6.61 Å². The number of phenols is 2. The number of rotatable bonds is 5. The highest BCUT2D eigenvalue weighted by Crippen LogP contribution is 2.22. The van der Waals surface area contributed by atoms with Gasteiger partial charge in [0, 0.05) is 18.3 Å². The van der Waals surface area contributed by atoms with Crippen LogP contribution in [0.15, 0.2) is 48.7 Å². The first-order valence-corrected chi connectivity index (χ1v) is 6.37. The fourth-order valence-corrected chi connectivity index (χ4v) is 1.65. The van der Waals surface area contributed by atoms with E-state index in [1.165, 1.54) is 18.2 Å². The van der Waals surface area contributed by atoms with Gasteiger partial charge >= 0.3 is 5.97 Å². The second-order valence-corrected chi connectivity index (χ2v) is 4.32. The highest BCUT2D eigenvalue weighted by molar-refractivity contribution is 6.01. The van der Waals surface area contributed by atoms with Crippen molar-refractivity contribution in [3.63, 3.8) is 0 Å². The number of phenolic OH excluding ortho intramolecular Hbond substituents is 2. The molecule has 0 aliphatic carbocycles. The number of aromatic hydroxyl groups is 2. The van der Waals surface area contributed by atoms with E-state index in [2.05, 4.69) is 4.98 Å². The van der Waals surface area contributed by atoms with E-state index in [9.17, 15) is 14.7 Å². The first kappa shape index (κ1) is 15.2. The molecule has 1 heterocycles. The van der Waals surface area contributed by atoms with E-state index in [0.717, 1.165) is 12.1 Å². The SMILES string of the molecule is O=C(/C=C/c1ccccn1)OCC(=O)c1ccc(O)cc1O. The summed E-state index contributed by atoms with van der Waals surface area (Å²) in [7, 11) is 0. The minimum atomic E-state index is -0.697. The highest BCUT2D eigenvalue weighted by atomic mass is 16.5. The van der Waals surface area contributed by atoms with Gasteiger partial charge in [0.2, 0.25) is 5.78 Å². The molecule has 0 aliphatic rings. The Bertz CT molecular complexity index is 710. The lowest BCUT2D eigenvalue weighted by Gasteiger charge is -2.04. The fourth-order valence-electron chi connectivity index (χ4n) is 1.65. The topological polar surface area (TPSA) is 96.7 Å². The monoisotopic (exact) mass is 299 g/mol. The van der Waals surface area contributed by atoms with Crippen molar-refractivity contribution in [1.29, 1.82) is 0 Å². The molecular weight excluding hydrogens is 286 g/mol. The predicted octanol–water partition coefficient (Wildman–Crippen LogP) is 1.93. The molecule has 0 amide bonds. The molecule has 22 heavy (non-hydrogen) atoms. The maximum absolute atomic E-state index is 11.8. The molecular formula is C16H13NO5. The Kier molecular flexibility index (Phi) is 4.87. The van der Waals surface area contributed by atoms with E-state index in [4.69, 9.17) is 9.84 Å². The van der Waals surface area contributed by atoms with E-state index in [-0.39, 0.29) is 17.1 Å². The Hall–Kier alpha value is -3.15. The number of benzene rings is 1. The molecule has 2 rings (SSSR count). The van der Waals surface area contributed by atoms with Crippen molar-refractivity contribution in [2.75, 3.05) is 6.61 Å². The van der Waals surface area contributed by atoms with Crippen molar-refractivity contribution in [1.82, 2.24) is 4.98 Å². The molecule has 6 heteroatoms. The zero-order valence-electron chi connectivity index (χ0n) is 11.5. The van der Waals surface area contributed by atoms with Crippen molar-refractivity contribution in [2.24, 2.45) is 0 Å². The molecule has 0 atom stereocenters. The van der Waals surface area contributed by atoms with Gasteiger partial charge in [-0.2, -0.15) is 0 Å². The van der Waals surface area contributed by atoms with Crippen LogP contribution in [0.1, 0.15) is 16.1 Å². The van der Waals surface area contributed by atoms with Crippen molar-refractivity contribution in [3.05, 3.63) is 59.9 Å². The zero-order valence-corrected chi connectivity index (χ0v) is 11.5. The number of pyridine rings is 1. The summed E-state index contributed by atoms with van der Waals surface area (Å²) in [5, 5.41) is 18.7. The molecule has 112 valence electrons. The molecule has 1 aromatic carbocycles. The molecule has 0 saturated carbocycles. The normalized spacial score (nSPS) is 10.5. The molecule has 0 aliphatic heterocycles. The first-order valence-electron chi connectivity index (χ1n) is 6.37. The molecule has 0 bridgehead atoms. The van der Waals surface area contributed by atoms with E-state index < -0.39 is 18.4 Å². The van der Waals surface area contributed by atoms with E-state index in [1.54, 1.807) is 24.4 Å². The third kappa shape index (κ3) is 4.17. The Balaban J connectivity index is 1.91. The Morgan fingerprint density at radius 3 is 2.68 bits per heavy atom. The van der Waals surface area contributed by atoms with Crippen molar-refractivity contribution >= 4 is 17.8 Å². The van der Waals surface area contributed by atoms with Crippen LogP contribution in [0.4, 0.5) is 0 Å². The average Bonchev–Trinajstić information content (AvgIpc) is 2.51. The molecule has 0 saturated heterocycles. The summed E-state index contributed by atoms with van der Waals surface area (Å²) in [6, 6.07) is 8.79. The van der Waals surface area contributed by atoms with Gasteiger partial charge in [0.05, 0.1) is 11.3 Å². The van der Waals surface area contributed by atoms with Crippen LogP contribution in [0.25, 0.3) is 6.08 Å². The summed E-state index contributed by atoms with van der Waals surface area (Å²) >= 11 is 0. The van der Waals surface area contributed by atoms with Crippen LogP contribution >= 0.6 is 0 Å². The van der Waals surface area contributed by atoms with Crippen molar-refractivity contribution < 1.29 is 24.5 Å². The second-order valence-electron chi connectivity index (χ2n) is 4.32. The van der Waals surface area contributed by atoms with Crippen LogP contribution in [0.2, 0.25) is 0 Å². The predicted molar refractivity (Wildman–Crippen MR) is 78.3 cm³/mol. The number of Topliss-reactive ketones (excluding diaryl/α,β-unsaturated/α-hetero) is 1. The van der Waals surface area contributed by atoms with Gasteiger partial charge in [0.25, 0.3) is 0 Å². The number of nitrogens with zero attached hydrogens (tertiary/aromatic N) is 1. The number of carbonyl (C=O) groups is 2. The van der Waals surface area contributed by atoms with Crippen LogP contribution in [-0.4, -0.2) is 33.6 Å². The maximum atomic E-state index is 11.8. The number of hydrogen-bond donors (Lipinski definition) is 2. The average molecular weight is 299 g/mol. The zero-order chi connectivity index (χ0) is 15.9. The Morgan fingerprint density at radius 1 is 1.18 bits per heavy atom. The maximum Gasteiger partial charge on any atom is 0.331 e. The minimum absolute atomic E-state index is 0.0284. The van der Waals surface area contributed by atoms with Gasteiger partial charge in [-0.1, -0.05) is 6.07 Å². The van der Waals surface area contributed by atoms with Crippen molar-refractivity contribution in [3.8, 4) is 11.5 Å². The van der Waals surface area contributed by atoms with Gasteiger partial charge < -0.3 is 14.9 Å². The third-order valence-corrected chi connectivity index (χ3v) is 2.71. The third-order valence-electron chi connectivity index (χ3n) is 2.71. The summed E-state index contributed by atoms with van der Waals surface area (Å²) < 4.78 is 4.79. The first-order chi connectivity index (χ1) is 10.6. The molecule has 2 aromatic rings.